The van der Waals surface area contributed by atoms with Gasteiger partial charge in [-0.3, -0.25) is 0 Å². The van der Waals surface area contributed by atoms with E-state index in [9.17, 15) is 5.11 Å². The number of benzene rings is 2. The summed E-state index contributed by atoms with van der Waals surface area (Å²) in [4.78, 5) is 0. The van der Waals surface area contributed by atoms with Crippen LogP contribution in [0.2, 0.25) is 0 Å². The molecule has 1 heterocycles. The van der Waals surface area contributed by atoms with Gasteiger partial charge in [0.05, 0.1) is 9.78 Å². The Morgan fingerprint density at radius 3 is 2.67 bits per heavy atom. The van der Waals surface area contributed by atoms with E-state index >= 15 is 0 Å². The second-order valence-electron chi connectivity index (χ2n) is 5.10. The van der Waals surface area contributed by atoms with Gasteiger partial charge in [-0.05, 0) is 76.5 Å². The molecule has 3 rings (SSSR count). The van der Waals surface area contributed by atoms with Gasteiger partial charge in [0, 0.05) is 14.7 Å². The molecule has 0 bridgehead atoms. The maximum atomic E-state index is 10.2. The number of hydrogen-bond acceptors (Lipinski definition) is 4. The Bertz CT molecular complexity index is 977. The van der Waals surface area contributed by atoms with Crippen LogP contribution in [0.4, 0.5) is 0 Å². The van der Waals surface area contributed by atoms with Gasteiger partial charge in [0.1, 0.15) is 5.75 Å². The highest BCUT2D eigenvalue weighted by atomic mass is 127. The lowest BCUT2D eigenvalue weighted by Crippen LogP contribution is -1.96. The van der Waals surface area contributed by atoms with Crippen LogP contribution in [0.5, 0.6) is 5.75 Å². The van der Waals surface area contributed by atoms with Crippen molar-refractivity contribution in [1.82, 2.24) is 14.9 Å². The van der Waals surface area contributed by atoms with Crippen molar-refractivity contribution in [3.63, 3.8) is 0 Å². The number of phenols is 1. The van der Waals surface area contributed by atoms with Crippen LogP contribution in [-0.2, 0) is 0 Å². The molecular formula is C16H12I2N4OS. The van der Waals surface area contributed by atoms with Gasteiger partial charge in [-0.15, -0.1) is 0 Å². The van der Waals surface area contributed by atoms with Crippen LogP contribution in [0.25, 0.3) is 11.4 Å². The molecule has 0 fully saturated rings. The van der Waals surface area contributed by atoms with Crippen molar-refractivity contribution >= 4 is 63.6 Å². The lowest BCUT2D eigenvalue weighted by atomic mass is 10.1. The summed E-state index contributed by atoms with van der Waals surface area (Å²) in [5.74, 6) is 0.822. The highest BCUT2D eigenvalue weighted by Gasteiger charge is 2.09. The first-order valence-corrected chi connectivity index (χ1v) is 9.49. The molecule has 0 aliphatic rings. The number of aromatic hydroxyl groups is 1. The summed E-state index contributed by atoms with van der Waals surface area (Å²) in [5, 5.41) is 21.6. The first kappa shape index (κ1) is 17.5. The second kappa shape index (κ2) is 7.31. The fraction of sp³-hybridized carbons (Fsp3) is 0.0625. The van der Waals surface area contributed by atoms with Crippen molar-refractivity contribution in [2.24, 2.45) is 5.10 Å². The number of hydrogen-bond donors (Lipinski definition) is 2. The number of aryl methyl sites for hydroxylation is 1. The monoisotopic (exact) mass is 562 g/mol. The van der Waals surface area contributed by atoms with Crippen molar-refractivity contribution < 1.29 is 5.11 Å². The Hall–Kier alpha value is -1.27. The lowest BCUT2D eigenvalue weighted by Gasteiger charge is -2.04. The zero-order valence-corrected chi connectivity index (χ0v) is 17.6. The van der Waals surface area contributed by atoms with Crippen LogP contribution in [-0.4, -0.2) is 26.2 Å². The Morgan fingerprint density at radius 2 is 1.96 bits per heavy atom. The van der Waals surface area contributed by atoms with E-state index in [1.807, 2.05) is 43.3 Å². The molecule has 24 heavy (non-hydrogen) atoms. The molecule has 5 nitrogen and oxygen atoms in total. The molecule has 0 saturated carbocycles. The van der Waals surface area contributed by atoms with Gasteiger partial charge in [0.15, 0.2) is 5.82 Å². The fourth-order valence-electron chi connectivity index (χ4n) is 2.09. The van der Waals surface area contributed by atoms with Gasteiger partial charge in [0.2, 0.25) is 4.77 Å². The number of rotatable bonds is 3. The van der Waals surface area contributed by atoms with Gasteiger partial charge < -0.3 is 5.11 Å². The van der Waals surface area contributed by atoms with Gasteiger partial charge in [-0.2, -0.15) is 14.9 Å². The molecule has 0 aliphatic heterocycles. The van der Waals surface area contributed by atoms with E-state index in [0.717, 1.165) is 12.7 Å². The van der Waals surface area contributed by atoms with Crippen LogP contribution in [0.3, 0.4) is 0 Å². The fourth-order valence-corrected chi connectivity index (χ4v) is 4.16. The smallest absolute Gasteiger partial charge is 0.216 e. The molecule has 0 radical (unpaired) electrons. The predicted octanol–water partition coefficient (Wildman–Crippen LogP) is 4.71. The average molecular weight is 562 g/mol. The highest BCUT2D eigenvalue weighted by Crippen LogP contribution is 2.26. The lowest BCUT2D eigenvalue weighted by molar-refractivity contribution is 0.470. The standard InChI is InChI=1S/C16H12I2N4OS/c1-9-2-4-10(5-3-9)15-20-21-16(24)22(15)19-8-11-6-12(17)7-13(18)14(11)23/h2-8,23H,1H3,(H,21,24)/b19-8-. The van der Waals surface area contributed by atoms with E-state index in [1.54, 1.807) is 10.9 Å². The molecule has 122 valence electrons. The SMILES string of the molecule is Cc1ccc(-c2n[nH]c(=S)n2/N=C\c2cc(I)cc(I)c2O)cc1. The minimum absolute atomic E-state index is 0.201. The second-order valence-corrected chi connectivity index (χ2v) is 7.89. The first-order chi connectivity index (χ1) is 11.5. The summed E-state index contributed by atoms with van der Waals surface area (Å²) in [6.45, 7) is 2.03. The zero-order valence-electron chi connectivity index (χ0n) is 12.5. The number of aromatic amines is 1. The van der Waals surface area contributed by atoms with E-state index in [1.165, 1.54) is 5.56 Å². The van der Waals surface area contributed by atoms with Crippen LogP contribution in [0.15, 0.2) is 41.5 Å². The summed E-state index contributed by atoms with van der Waals surface area (Å²) >= 11 is 9.56. The number of halogens is 2. The summed E-state index contributed by atoms with van der Waals surface area (Å²) in [6.07, 6.45) is 1.59. The Morgan fingerprint density at radius 1 is 1.25 bits per heavy atom. The molecule has 0 saturated heterocycles. The average Bonchev–Trinajstić information content (AvgIpc) is 2.91. The summed E-state index contributed by atoms with van der Waals surface area (Å²) in [6, 6.07) is 11.7. The van der Waals surface area contributed by atoms with Gasteiger partial charge in [0.25, 0.3) is 0 Å². The maximum Gasteiger partial charge on any atom is 0.216 e. The normalized spacial score (nSPS) is 11.3. The summed E-state index contributed by atoms with van der Waals surface area (Å²) < 4.78 is 3.73. The van der Waals surface area contributed by atoms with Crippen molar-refractivity contribution in [2.75, 3.05) is 0 Å². The molecule has 0 aliphatic carbocycles. The quantitative estimate of drug-likeness (QED) is 0.276. The van der Waals surface area contributed by atoms with E-state index in [0.29, 0.717) is 16.2 Å². The number of H-pyrrole nitrogens is 1. The first-order valence-electron chi connectivity index (χ1n) is 6.92. The minimum atomic E-state index is 0.201. The van der Waals surface area contributed by atoms with E-state index in [-0.39, 0.29) is 5.75 Å². The van der Waals surface area contributed by atoms with Crippen molar-refractivity contribution in [2.45, 2.75) is 6.92 Å². The van der Waals surface area contributed by atoms with Gasteiger partial charge in [-0.1, -0.05) is 29.8 Å². The number of nitrogens with zero attached hydrogens (tertiary/aromatic N) is 3. The molecule has 2 aromatic carbocycles. The predicted molar refractivity (Wildman–Crippen MR) is 114 cm³/mol. The molecule has 0 amide bonds. The summed E-state index contributed by atoms with van der Waals surface area (Å²) in [5.41, 5.74) is 2.71. The molecule has 0 atom stereocenters. The molecular weight excluding hydrogens is 550 g/mol. The van der Waals surface area contributed by atoms with Crippen molar-refractivity contribution in [3.05, 3.63) is 59.4 Å². The summed E-state index contributed by atoms with van der Waals surface area (Å²) in [7, 11) is 0. The minimum Gasteiger partial charge on any atom is -0.506 e. The molecule has 0 spiro atoms. The van der Waals surface area contributed by atoms with E-state index < -0.39 is 0 Å². The molecule has 8 heteroatoms. The molecule has 1 aromatic heterocycles. The third-order valence-corrected chi connectivity index (χ3v) is 5.04. The molecule has 0 unspecified atom stereocenters. The van der Waals surface area contributed by atoms with Crippen LogP contribution < -0.4 is 0 Å². The number of phenolic OH excluding ortho intramolecular Hbond substituents is 1. The third kappa shape index (κ3) is 3.70. The zero-order chi connectivity index (χ0) is 17.3. The number of aromatic nitrogens is 3. The van der Waals surface area contributed by atoms with Crippen molar-refractivity contribution in [3.8, 4) is 17.1 Å². The van der Waals surface area contributed by atoms with Crippen LogP contribution in [0.1, 0.15) is 11.1 Å². The Labute approximate surface area is 171 Å². The van der Waals surface area contributed by atoms with E-state index in [4.69, 9.17) is 12.2 Å². The van der Waals surface area contributed by atoms with Crippen LogP contribution in [0, 0.1) is 18.8 Å². The van der Waals surface area contributed by atoms with Gasteiger partial charge >= 0.3 is 0 Å². The number of nitrogens with one attached hydrogen (secondary N) is 1. The highest BCUT2D eigenvalue weighted by molar-refractivity contribution is 14.1. The molecule has 3 aromatic rings. The molecule has 2 N–H and O–H groups in total. The van der Waals surface area contributed by atoms with Crippen molar-refractivity contribution in [1.29, 1.82) is 0 Å². The van der Waals surface area contributed by atoms with Crippen LogP contribution >= 0.6 is 57.4 Å². The van der Waals surface area contributed by atoms with E-state index in [2.05, 4.69) is 60.5 Å². The Kier molecular flexibility index (Phi) is 5.35. The third-order valence-electron chi connectivity index (χ3n) is 3.33. The maximum absolute atomic E-state index is 10.2. The van der Waals surface area contributed by atoms with Gasteiger partial charge in [-0.25, -0.2) is 5.10 Å². The largest absolute Gasteiger partial charge is 0.506 e. The topological polar surface area (TPSA) is 66.2 Å². The Balaban J connectivity index is 2.04.